The Bertz CT molecular complexity index is 1350. The van der Waals surface area contributed by atoms with E-state index in [2.05, 4.69) is 4.90 Å². The van der Waals surface area contributed by atoms with Crippen LogP contribution in [-0.2, 0) is 24.3 Å². The molecule has 3 aliphatic rings. The quantitative estimate of drug-likeness (QED) is 0.383. The average Bonchev–Trinajstić information content (AvgIpc) is 2.95. The van der Waals surface area contributed by atoms with Crippen molar-refractivity contribution in [1.82, 2.24) is 14.1 Å². The summed E-state index contributed by atoms with van der Waals surface area (Å²) in [7, 11) is -2.09. The first-order chi connectivity index (χ1) is 20.6. The van der Waals surface area contributed by atoms with Crippen LogP contribution in [0.2, 0.25) is 0 Å². The number of halogens is 2. The maximum Gasteiger partial charge on any atom is 0.410 e. The van der Waals surface area contributed by atoms with Crippen LogP contribution in [0, 0.1) is 11.8 Å². The molecule has 1 aromatic carbocycles. The monoisotopic (exact) mass is 639 g/mol. The van der Waals surface area contributed by atoms with Gasteiger partial charge in [0.05, 0.1) is 30.5 Å². The summed E-state index contributed by atoms with van der Waals surface area (Å²) >= 11 is 0. The van der Waals surface area contributed by atoms with Crippen molar-refractivity contribution >= 4 is 28.2 Å². The summed E-state index contributed by atoms with van der Waals surface area (Å²) in [5.41, 5.74) is 1.09. The lowest BCUT2D eigenvalue weighted by Crippen LogP contribution is -2.58. The van der Waals surface area contributed by atoms with Crippen molar-refractivity contribution in [2.45, 2.75) is 69.2 Å². The highest BCUT2D eigenvalue weighted by atomic mass is 32.2. The van der Waals surface area contributed by atoms with Gasteiger partial charge in [0.15, 0.2) is 0 Å². The highest BCUT2D eigenvalue weighted by molar-refractivity contribution is 7.89. The molecule has 1 amide bonds. The van der Waals surface area contributed by atoms with Crippen molar-refractivity contribution in [3.8, 4) is 0 Å². The number of hydrogen-bond acceptors (Lipinski definition) is 8. The molecular formula is C31H43F2N3O7S. The number of carbonyl (C=O) groups excluding carboxylic acids is 2. The van der Waals surface area contributed by atoms with Gasteiger partial charge in [-0.25, -0.2) is 22.0 Å². The van der Waals surface area contributed by atoms with Crippen LogP contribution in [0.4, 0.5) is 13.6 Å². The SMILES string of the molecule is C/C(=C\c1cccc(S(=O)(=O)N2CC(F)(F)C2)c1)[C@H]1OC(=O)C[C@H](O)CC[C@H](C)[C@@H](OC(=O)N2CCN(C)CC2)/C=C\[C@@H]1C. The van der Waals surface area contributed by atoms with Crippen LogP contribution in [0.25, 0.3) is 6.08 Å². The predicted molar refractivity (Wildman–Crippen MR) is 160 cm³/mol. The van der Waals surface area contributed by atoms with Gasteiger partial charge in [-0.05, 0) is 62.1 Å². The van der Waals surface area contributed by atoms with Gasteiger partial charge in [0, 0.05) is 32.1 Å². The van der Waals surface area contributed by atoms with Crippen LogP contribution in [-0.4, -0.2) is 110 Å². The molecule has 1 aromatic rings. The molecule has 10 nitrogen and oxygen atoms in total. The molecule has 2 fully saturated rings. The zero-order valence-corrected chi connectivity index (χ0v) is 26.5. The van der Waals surface area contributed by atoms with Crippen LogP contribution < -0.4 is 0 Å². The topological polar surface area (TPSA) is 117 Å². The van der Waals surface area contributed by atoms with Gasteiger partial charge in [-0.2, -0.15) is 4.31 Å². The molecule has 5 atom stereocenters. The third-order valence-corrected chi connectivity index (χ3v) is 10.2. The number of benzene rings is 1. The first kappa shape index (κ1) is 34.0. The number of alkyl halides is 2. The van der Waals surface area contributed by atoms with Crippen molar-refractivity contribution in [1.29, 1.82) is 0 Å². The Morgan fingerprint density at radius 2 is 1.80 bits per heavy atom. The summed E-state index contributed by atoms with van der Waals surface area (Å²) in [6.45, 7) is 6.50. The number of esters is 1. The fourth-order valence-corrected chi connectivity index (χ4v) is 7.08. The zero-order valence-electron chi connectivity index (χ0n) is 25.7. The van der Waals surface area contributed by atoms with Crippen LogP contribution in [0.15, 0.2) is 46.9 Å². The van der Waals surface area contributed by atoms with Crippen LogP contribution in [0.5, 0.6) is 0 Å². The molecule has 0 spiro atoms. The molecule has 1 N–H and O–H groups in total. The Balaban J connectivity index is 1.56. The summed E-state index contributed by atoms with van der Waals surface area (Å²) in [5.74, 6) is -4.10. The Hall–Kier alpha value is -2.87. The van der Waals surface area contributed by atoms with Crippen molar-refractivity contribution in [3.63, 3.8) is 0 Å². The largest absolute Gasteiger partial charge is 0.457 e. The van der Waals surface area contributed by atoms with E-state index < -0.39 is 59.4 Å². The summed E-state index contributed by atoms with van der Waals surface area (Å²) in [6, 6.07) is 5.94. The van der Waals surface area contributed by atoms with Crippen molar-refractivity contribution in [2.24, 2.45) is 11.8 Å². The number of cyclic esters (lactones) is 1. The van der Waals surface area contributed by atoms with E-state index in [1.165, 1.54) is 18.2 Å². The highest BCUT2D eigenvalue weighted by Gasteiger charge is 2.49. The maximum atomic E-state index is 13.3. The number of amides is 1. The molecule has 3 aliphatic heterocycles. The van der Waals surface area contributed by atoms with E-state index in [0.717, 1.165) is 17.4 Å². The second-order valence-corrected chi connectivity index (χ2v) is 14.2. The molecule has 0 saturated carbocycles. The number of aliphatic hydroxyl groups excluding tert-OH is 1. The average molecular weight is 640 g/mol. The van der Waals surface area contributed by atoms with E-state index in [0.29, 0.717) is 37.1 Å². The van der Waals surface area contributed by atoms with E-state index in [-0.39, 0.29) is 23.2 Å². The zero-order chi connectivity index (χ0) is 32.2. The van der Waals surface area contributed by atoms with Crippen molar-refractivity contribution in [2.75, 3.05) is 46.3 Å². The summed E-state index contributed by atoms with van der Waals surface area (Å²) in [6.07, 6.45) is 3.33. The number of sulfonamides is 1. The molecule has 44 heavy (non-hydrogen) atoms. The minimum Gasteiger partial charge on any atom is -0.457 e. The number of hydrogen-bond donors (Lipinski definition) is 1. The van der Waals surface area contributed by atoms with Gasteiger partial charge in [-0.3, -0.25) is 4.79 Å². The van der Waals surface area contributed by atoms with Gasteiger partial charge in [0.25, 0.3) is 5.92 Å². The molecule has 0 bridgehead atoms. The van der Waals surface area contributed by atoms with E-state index in [4.69, 9.17) is 9.47 Å². The van der Waals surface area contributed by atoms with Crippen LogP contribution in [0.3, 0.4) is 0 Å². The van der Waals surface area contributed by atoms with Crippen LogP contribution >= 0.6 is 0 Å². The minimum atomic E-state index is -4.09. The smallest absolute Gasteiger partial charge is 0.410 e. The minimum absolute atomic E-state index is 0.111. The van der Waals surface area contributed by atoms with Gasteiger partial charge in [-0.15, -0.1) is 0 Å². The fraction of sp³-hybridized carbons (Fsp3) is 0.613. The summed E-state index contributed by atoms with van der Waals surface area (Å²) in [5, 5.41) is 10.6. The fourth-order valence-electron chi connectivity index (χ4n) is 5.53. The number of aliphatic hydroxyl groups is 1. The number of ether oxygens (including phenoxy) is 2. The van der Waals surface area contributed by atoms with Crippen molar-refractivity contribution in [3.05, 3.63) is 47.6 Å². The first-order valence-electron chi connectivity index (χ1n) is 15.0. The molecule has 4 rings (SSSR count). The van der Waals surface area contributed by atoms with E-state index in [1.807, 2.05) is 27.0 Å². The molecule has 0 unspecified atom stereocenters. The standard InChI is InChI=1S/C31H43F2N3O7S/c1-21-8-10-25(37)18-28(38)43-29(22(2)9-11-27(21)42-30(39)35-14-12-34(4)13-15-35)23(3)16-24-6-5-7-26(17-24)44(40,41)36-19-31(32,33)20-36/h5-7,9,11,16-17,21-22,25,27,29,37H,8,10,12-15,18-20H2,1-4H3/b11-9-,23-16+/t21-,22-,25+,27-,29-/m0/s1. The van der Waals surface area contributed by atoms with Gasteiger partial charge < -0.3 is 24.4 Å². The second-order valence-electron chi connectivity index (χ2n) is 12.3. The van der Waals surface area contributed by atoms with Crippen molar-refractivity contribution < 1.29 is 41.4 Å². The lowest BCUT2D eigenvalue weighted by Gasteiger charge is -2.37. The van der Waals surface area contributed by atoms with E-state index in [1.54, 1.807) is 30.0 Å². The second kappa shape index (κ2) is 14.1. The number of carbonyl (C=O) groups is 2. The van der Waals surface area contributed by atoms with E-state index in [9.17, 15) is 31.9 Å². The molecule has 0 aliphatic carbocycles. The molecule has 3 heterocycles. The predicted octanol–water partition coefficient (Wildman–Crippen LogP) is 3.77. The Morgan fingerprint density at radius 3 is 2.45 bits per heavy atom. The van der Waals surface area contributed by atoms with Gasteiger partial charge >= 0.3 is 12.1 Å². The number of nitrogens with zero attached hydrogens (tertiary/aromatic N) is 3. The first-order valence-corrected chi connectivity index (χ1v) is 16.4. The van der Waals surface area contributed by atoms with Gasteiger partial charge in [0.2, 0.25) is 10.0 Å². The maximum absolute atomic E-state index is 13.3. The van der Waals surface area contributed by atoms with Gasteiger partial charge in [0.1, 0.15) is 12.2 Å². The normalized spacial score (nSPS) is 30.3. The molecule has 13 heteroatoms. The number of piperazine rings is 1. The third-order valence-electron chi connectivity index (χ3n) is 8.41. The highest BCUT2D eigenvalue weighted by Crippen LogP contribution is 2.33. The van der Waals surface area contributed by atoms with Gasteiger partial charge in [-0.1, -0.05) is 38.1 Å². The molecule has 0 radical (unpaired) electrons. The molecule has 0 aromatic heterocycles. The Kier molecular flexibility index (Phi) is 10.9. The molecule has 2 saturated heterocycles. The Morgan fingerprint density at radius 1 is 1.11 bits per heavy atom. The number of rotatable bonds is 5. The molecular weight excluding hydrogens is 596 g/mol. The number of likely N-dealkylation sites (N-methyl/N-ethyl adjacent to an activating group) is 1. The lowest BCUT2D eigenvalue weighted by atomic mass is 9.91. The summed E-state index contributed by atoms with van der Waals surface area (Å²) in [4.78, 5) is 29.5. The van der Waals surface area contributed by atoms with E-state index >= 15 is 0 Å². The molecule has 244 valence electrons. The Labute approximate surface area is 258 Å². The lowest BCUT2D eigenvalue weighted by molar-refractivity contribution is -0.151. The van der Waals surface area contributed by atoms with Crippen LogP contribution in [0.1, 0.15) is 45.6 Å². The third kappa shape index (κ3) is 8.64. The summed E-state index contributed by atoms with van der Waals surface area (Å²) < 4.78 is 64.9.